The van der Waals surface area contributed by atoms with Crippen LogP contribution in [0.15, 0.2) is 60.7 Å². The first-order valence-electron chi connectivity index (χ1n) is 7.22. The number of aryl methyl sites for hydroxylation is 1. The Bertz CT molecular complexity index is 552. The normalized spacial score (nSPS) is 11.0. The number of hydrogen-bond donors (Lipinski definition) is 0. The molecular formula is C18H22CrN2. The molecule has 0 saturated carbocycles. The standard InChI is InChI=1S/C18H22N2.Cr/c1-19(2)20(16-18-12-7-4-8-13-18)15-9-14-17-10-5-3-6-11-17;/h3-8,10-13H,9,14,16H2,1-2H3;. The van der Waals surface area contributed by atoms with Crippen LogP contribution in [0.4, 0.5) is 0 Å². The van der Waals surface area contributed by atoms with Crippen molar-refractivity contribution in [2.45, 2.75) is 19.4 Å². The van der Waals surface area contributed by atoms with Gasteiger partial charge in [0.15, 0.2) is 0 Å². The van der Waals surface area contributed by atoms with E-state index in [1.165, 1.54) is 15.6 Å². The van der Waals surface area contributed by atoms with Crippen LogP contribution in [0.25, 0.3) is 0 Å². The van der Waals surface area contributed by atoms with Crippen molar-refractivity contribution in [2.24, 2.45) is 0 Å². The van der Waals surface area contributed by atoms with E-state index in [9.17, 15) is 0 Å². The Morgan fingerprint density at radius 1 is 0.857 bits per heavy atom. The van der Waals surface area contributed by atoms with Gasteiger partial charge in [0.05, 0.1) is 0 Å². The first-order valence-corrected chi connectivity index (χ1v) is 7.86. The fourth-order valence-electron chi connectivity index (χ4n) is 2.23. The predicted octanol–water partition coefficient (Wildman–Crippen LogP) is 3.27. The summed E-state index contributed by atoms with van der Waals surface area (Å²) in [6, 6.07) is 21.2. The van der Waals surface area contributed by atoms with Crippen LogP contribution >= 0.6 is 0 Å². The van der Waals surface area contributed by atoms with Crippen LogP contribution in [0, 0.1) is 0 Å². The van der Waals surface area contributed by atoms with Crippen molar-refractivity contribution in [2.75, 3.05) is 14.1 Å². The zero-order valence-electron chi connectivity index (χ0n) is 12.7. The number of hydrogen-bond acceptors (Lipinski definition) is 2. The van der Waals surface area contributed by atoms with Gasteiger partial charge in [0.1, 0.15) is 0 Å². The van der Waals surface area contributed by atoms with Crippen molar-refractivity contribution in [1.82, 2.24) is 10.0 Å². The fraction of sp³-hybridized carbons (Fsp3) is 0.278. The van der Waals surface area contributed by atoms with Crippen molar-refractivity contribution in [3.8, 4) is 0 Å². The average molecular weight is 318 g/mol. The fourth-order valence-corrected chi connectivity index (χ4v) is 2.75. The molecule has 2 rings (SSSR count). The van der Waals surface area contributed by atoms with Gasteiger partial charge in [-0.3, -0.25) is 0 Å². The molecule has 0 unspecified atom stereocenters. The second-order valence-corrected chi connectivity index (χ2v) is 6.01. The predicted molar refractivity (Wildman–Crippen MR) is 85.4 cm³/mol. The average Bonchev–Trinajstić information content (AvgIpc) is 2.52. The van der Waals surface area contributed by atoms with Crippen LogP contribution in [-0.4, -0.2) is 28.6 Å². The third-order valence-corrected chi connectivity index (χ3v) is 4.06. The molecule has 0 heterocycles. The first kappa shape index (κ1) is 16.1. The monoisotopic (exact) mass is 318 g/mol. The van der Waals surface area contributed by atoms with Crippen LogP contribution in [-0.2, 0) is 28.8 Å². The molecule has 0 aromatic heterocycles. The minimum absolute atomic E-state index is 0.894. The summed E-state index contributed by atoms with van der Waals surface area (Å²) < 4.78 is 1.27. The maximum absolute atomic E-state index is 3.25. The van der Waals surface area contributed by atoms with Crippen molar-refractivity contribution in [3.63, 3.8) is 0 Å². The zero-order valence-corrected chi connectivity index (χ0v) is 14.0. The molecule has 2 aromatic carbocycles. The molecule has 0 fully saturated rings. The van der Waals surface area contributed by atoms with E-state index in [1.54, 1.807) is 0 Å². The molecule has 3 heteroatoms. The van der Waals surface area contributed by atoms with Crippen LogP contribution in [0.3, 0.4) is 0 Å². The minimum atomic E-state index is 0.894. The third kappa shape index (κ3) is 5.23. The summed E-state index contributed by atoms with van der Waals surface area (Å²) in [7, 11) is 4.17. The number of nitrogens with zero attached hydrogens (tertiary/aromatic N) is 2. The summed E-state index contributed by atoms with van der Waals surface area (Å²) in [6.45, 7) is 0.894. The van der Waals surface area contributed by atoms with E-state index in [0.29, 0.717) is 0 Å². The van der Waals surface area contributed by atoms with Gasteiger partial charge in [-0.1, -0.05) is 0 Å². The summed E-state index contributed by atoms with van der Waals surface area (Å²) in [5.74, 6) is 0. The molecule has 0 bridgehead atoms. The molecule has 2 aromatic rings. The molecule has 110 valence electrons. The molecule has 2 nitrogen and oxygen atoms in total. The van der Waals surface area contributed by atoms with Crippen molar-refractivity contribution in [3.05, 3.63) is 71.8 Å². The van der Waals surface area contributed by atoms with Crippen LogP contribution < -0.4 is 0 Å². The van der Waals surface area contributed by atoms with Crippen molar-refractivity contribution < 1.29 is 15.9 Å². The van der Waals surface area contributed by atoms with Gasteiger partial charge in [-0.25, -0.2) is 0 Å². The number of rotatable bonds is 7. The maximum atomic E-state index is 3.25. The quantitative estimate of drug-likeness (QED) is 0.723. The van der Waals surface area contributed by atoms with Gasteiger partial charge in [0.25, 0.3) is 0 Å². The van der Waals surface area contributed by atoms with Gasteiger partial charge >= 0.3 is 136 Å². The van der Waals surface area contributed by atoms with E-state index < -0.39 is 0 Å². The second-order valence-electron chi connectivity index (χ2n) is 5.27. The Labute approximate surface area is 135 Å². The van der Waals surface area contributed by atoms with Gasteiger partial charge in [-0.15, -0.1) is 0 Å². The summed E-state index contributed by atoms with van der Waals surface area (Å²) >= 11 is 3.25. The van der Waals surface area contributed by atoms with E-state index in [2.05, 4.69) is 101 Å². The van der Waals surface area contributed by atoms with E-state index in [1.807, 2.05) is 0 Å². The van der Waals surface area contributed by atoms with Crippen LogP contribution in [0.2, 0.25) is 0 Å². The Hall–Kier alpha value is -1.24. The summed E-state index contributed by atoms with van der Waals surface area (Å²) in [4.78, 5) is 0. The van der Waals surface area contributed by atoms with E-state index in [4.69, 9.17) is 0 Å². The van der Waals surface area contributed by atoms with Gasteiger partial charge in [-0.2, -0.15) is 0 Å². The summed E-state index contributed by atoms with van der Waals surface area (Å²) in [6.07, 6.45) is 2.08. The molecular weight excluding hydrogens is 296 g/mol. The summed E-state index contributed by atoms with van der Waals surface area (Å²) in [5, 5.41) is 4.43. The van der Waals surface area contributed by atoms with Crippen LogP contribution in [0.1, 0.15) is 17.5 Å². The third-order valence-electron chi connectivity index (χ3n) is 3.42. The topological polar surface area (TPSA) is 6.48 Å². The Morgan fingerprint density at radius 2 is 1.38 bits per heavy atom. The molecule has 0 saturated heterocycles. The number of hydrazine groups is 1. The molecule has 21 heavy (non-hydrogen) atoms. The SMILES string of the molecule is CN(C)N(Cc1ccccc1)[C](=[Cr])CCc1ccccc1. The molecule has 0 amide bonds. The number of benzene rings is 2. The van der Waals surface area contributed by atoms with Gasteiger partial charge in [0.2, 0.25) is 0 Å². The molecule has 0 aliphatic carbocycles. The second kappa shape index (κ2) is 8.27. The Morgan fingerprint density at radius 3 is 1.90 bits per heavy atom. The van der Waals surface area contributed by atoms with Gasteiger partial charge < -0.3 is 0 Å². The molecule has 0 radical (unpaired) electrons. The summed E-state index contributed by atoms with van der Waals surface area (Å²) in [5.41, 5.74) is 2.70. The Kier molecular flexibility index (Phi) is 6.35. The molecule has 0 aliphatic rings. The van der Waals surface area contributed by atoms with E-state index in [-0.39, 0.29) is 0 Å². The van der Waals surface area contributed by atoms with Crippen molar-refractivity contribution in [1.29, 1.82) is 0 Å². The van der Waals surface area contributed by atoms with Crippen molar-refractivity contribution >= 4 is 4.50 Å². The zero-order chi connectivity index (χ0) is 15.1. The Balaban J connectivity index is 1.96. The molecule has 0 spiro atoms. The first-order chi connectivity index (χ1) is 10.2. The molecule has 0 aliphatic heterocycles. The van der Waals surface area contributed by atoms with Crippen LogP contribution in [0.5, 0.6) is 0 Å². The van der Waals surface area contributed by atoms with E-state index in [0.717, 1.165) is 19.4 Å². The molecule has 0 N–H and O–H groups in total. The van der Waals surface area contributed by atoms with Gasteiger partial charge in [-0.05, 0) is 0 Å². The van der Waals surface area contributed by atoms with E-state index >= 15 is 0 Å². The molecule has 0 atom stereocenters. The van der Waals surface area contributed by atoms with Gasteiger partial charge in [0, 0.05) is 0 Å².